The molecule has 0 aliphatic carbocycles. The predicted molar refractivity (Wildman–Crippen MR) is 138 cm³/mol. The summed E-state index contributed by atoms with van der Waals surface area (Å²) in [7, 11) is 0. The van der Waals surface area contributed by atoms with E-state index >= 15 is 0 Å². The smallest absolute Gasteiger partial charge is 0.0332 e. The standard InChI is InChI=1S/C30H19Br/c31-30-27-13-5-3-11-25(27)29(26-12-4-6-14-28(26)30)22-18-16-21(17-19-22)24-15-7-9-20-8-1-2-10-23(20)24/h1-19H. The third-order valence-electron chi connectivity index (χ3n) is 6.14. The second kappa shape index (κ2) is 7.37. The van der Waals surface area contributed by atoms with Gasteiger partial charge in [0.15, 0.2) is 0 Å². The minimum atomic E-state index is 1.16. The number of rotatable bonds is 2. The first kappa shape index (κ1) is 18.4. The lowest BCUT2D eigenvalue weighted by Crippen LogP contribution is -1.88. The van der Waals surface area contributed by atoms with Crippen molar-refractivity contribution < 1.29 is 0 Å². The van der Waals surface area contributed by atoms with E-state index in [0.29, 0.717) is 0 Å². The Morgan fingerprint density at radius 1 is 0.387 bits per heavy atom. The highest BCUT2D eigenvalue weighted by molar-refractivity contribution is 9.10. The zero-order valence-corrected chi connectivity index (χ0v) is 18.4. The molecule has 0 bridgehead atoms. The lowest BCUT2D eigenvalue weighted by molar-refractivity contribution is 1.63. The first-order valence-electron chi connectivity index (χ1n) is 10.5. The minimum absolute atomic E-state index is 1.16. The van der Waals surface area contributed by atoms with Crippen molar-refractivity contribution in [3.63, 3.8) is 0 Å². The highest BCUT2D eigenvalue weighted by Gasteiger charge is 2.14. The maximum atomic E-state index is 3.85. The molecule has 1 heteroatoms. The fourth-order valence-electron chi connectivity index (χ4n) is 4.68. The van der Waals surface area contributed by atoms with E-state index in [4.69, 9.17) is 0 Å². The molecular weight excluding hydrogens is 440 g/mol. The van der Waals surface area contributed by atoms with Gasteiger partial charge < -0.3 is 0 Å². The van der Waals surface area contributed by atoms with E-state index < -0.39 is 0 Å². The summed E-state index contributed by atoms with van der Waals surface area (Å²) in [4.78, 5) is 0. The maximum absolute atomic E-state index is 3.85. The van der Waals surface area contributed by atoms with Crippen molar-refractivity contribution >= 4 is 48.2 Å². The van der Waals surface area contributed by atoms with E-state index in [1.54, 1.807) is 0 Å². The molecule has 31 heavy (non-hydrogen) atoms. The largest absolute Gasteiger partial charge is 0.0616 e. The first-order valence-corrected chi connectivity index (χ1v) is 11.3. The summed E-state index contributed by atoms with van der Waals surface area (Å²) in [6.07, 6.45) is 0. The number of fused-ring (bicyclic) bond motifs is 3. The van der Waals surface area contributed by atoms with Gasteiger partial charge in [0.2, 0.25) is 0 Å². The van der Waals surface area contributed by atoms with Crippen LogP contribution in [0.4, 0.5) is 0 Å². The highest BCUT2D eigenvalue weighted by atomic mass is 79.9. The molecule has 0 aromatic heterocycles. The summed E-state index contributed by atoms with van der Waals surface area (Å²) in [5.41, 5.74) is 5.05. The number of benzene rings is 6. The molecule has 0 atom stereocenters. The predicted octanol–water partition coefficient (Wildman–Crippen LogP) is 9.24. The number of hydrogen-bond donors (Lipinski definition) is 0. The molecule has 0 fully saturated rings. The van der Waals surface area contributed by atoms with Crippen molar-refractivity contribution in [1.82, 2.24) is 0 Å². The first-order chi connectivity index (χ1) is 15.3. The van der Waals surface area contributed by atoms with E-state index in [1.807, 2.05) is 0 Å². The van der Waals surface area contributed by atoms with Crippen molar-refractivity contribution in [3.8, 4) is 22.3 Å². The third kappa shape index (κ3) is 2.97. The molecule has 6 aromatic rings. The van der Waals surface area contributed by atoms with E-state index in [0.717, 1.165) is 4.47 Å². The van der Waals surface area contributed by atoms with Gasteiger partial charge in [-0.1, -0.05) is 115 Å². The summed E-state index contributed by atoms with van der Waals surface area (Å²) in [5, 5.41) is 7.59. The van der Waals surface area contributed by atoms with Gasteiger partial charge in [-0.2, -0.15) is 0 Å². The molecule has 0 saturated heterocycles. The average Bonchev–Trinajstić information content (AvgIpc) is 2.84. The Morgan fingerprint density at radius 2 is 0.871 bits per heavy atom. The van der Waals surface area contributed by atoms with Crippen LogP contribution in [0.3, 0.4) is 0 Å². The summed E-state index contributed by atoms with van der Waals surface area (Å²) in [6, 6.07) is 41.4. The van der Waals surface area contributed by atoms with Crippen LogP contribution >= 0.6 is 15.9 Å². The van der Waals surface area contributed by atoms with E-state index in [1.165, 1.54) is 54.6 Å². The Kier molecular flexibility index (Phi) is 4.36. The van der Waals surface area contributed by atoms with Gasteiger partial charge in [0.05, 0.1) is 0 Å². The lowest BCUT2D eigenvalue weighted by Gasteiger charge is -2.15. The maximum Gasteiger partial charge on any atom is 0.0332 e. The van der Waals surface area contributed by atoms with Gasteiger partial charge in [-0.3, -0.25) is 0 Å². The third-order valence-corrected chi connectivity index (χ3v) is 6.99. The van der Waals surface area contributed by atoms with Crippen LogP contribution < -0.4 is 0 Å². The van der Waals surface area contributed by atoms with Crippen LogP contribution in [0.25, 0.3) is 54.6 Å². The molecule has 6 rings (SSSR count). The van der Waals surface area contributed by atoms with Crippen molar-refractivity contribution in [1.29, 1.82) is 0 Å². The number of hydrogen-bond acceptors (Lipinski definition) is 0. The lowest BCUT2D eigenvalue weighted by atomic mass is 9.90. The zero-order chi connectivity index (χ0) is 20.8. The van der Waals surface area contributed by atoms with Gasteiger partial charge in [-0.25, -0.2) is 0 Å². The quantitative estimate of drug-likeness (QED) is 0.226. The average molecular weight is 459 g/mol. The van der Waals surface area contributed by atoms with Crippen LogP contribution in [-0.4, -0.2) is 0 Å². The topological polar surface area (TPSA) is 0 Å². The molecule has 0 aliphatic rings. The summed E-state index contributed by atoms with van der Waals surface area (Å²) in [5.74, 6) is 0. The van der Waals surface area contributed by atoms with Gasteiger partial charge in [0.25, 0.3) is 0 Å². The molecule has 0 radical (unpaired) electrons. The van der Waals surface area contributed by atoms with Gasteiger partial charge in [0.1, 0.15) is 0 Å². The normalized spacial score (nSPS) is 11.4. The van der Waals surface area contributed by atoms with E-state index in [2.05, 4.69) is 131 Å². The SMILES string of the molecule is Brc1c2ccccc2c(-c2ccc(-c3cccc4ccccc34)cc2)c2ccccc12. The molecule has 0 saturated carbocycles. The zero-order valence-electron chi connectivity index (χ0n) is 16.8. The van der Waals surface area contributed by atoms with Crippen LogP contribution in [-0.2, 0) is 0 Å². The molecular formula is C30H19Br. The fourth-order valence-corrected chi connectivity index (χ4v) is 5.37. The Morgan fingerprint density at radius 3 is 1.52 bits per heavy atom. The van der Waals surface area contributed by atoms with Crippen LogP contribution in [0.15, 0.2) is 120 Å². The van der Waals surface area contributed by atoms with Crippen molar-refractivity contribution in [2.24, 2.45) is 0 Å². The summed E-state index contributed by atoms with van der Waals surface area (Å²) >= 11 is 3.85. The Hall–Kier alpha value is -3.42. The molecule has 0 nitrogen and oxygen atoms in total. The molecule has 0 N–H and O–H groups in total. The monoisotopic (exact) mass is 458 g/mol. The molecule has 6 aromatic carbocycles. The van der Waals surface area contributed by atoms with Gasteiger partial charge >= 0.3 is 0 Å². The summed E-state index contributed by atoms with van der Waals surface area (Å²) in [6.45, 7) is 0. The van der Waals surface area contributed by atoms with Gasteiger partial charge in [-0.05, 0) is 70.5 Å². The Balaban J connectivity index is 1.58. The minimum Gasteiger partial charge on any atom is -0.0616 e. The molecule has 0 amide bonds. The van der Waals surface area contributed by atoms with Gasteiger partial charge in [-0.15, -0.1) is 0 Å². The Labute approximate surface area is 189 Å². The van der Waals surface area contributed by atoms with Crippen LogP contribution in [0, 0.1) is 0 Å². The molecule has 0 spiro atoms. The fraction of sp³-hybridized carbons (Fsp3) is 0. The molecule has 0 heterocycles. The second-order valence-corrected chi connectivity index (χ2v) is 8.68. The highest BCUT2D eigenvalue weighted by Crippen LogP contribution is 2.42. The van der Waals surface area contributed by atoms with Crippen molar-refractivity contribution in [2.75, 3.05) is 0 Å². The van der Waals surface area contributed by atoms with Crippen LogP contribution in [0.5, 0.6) is 0 Å². The Bertz CT molecular complexity index is 1510. The van der Waals surface area contributed by atoms with Crippen LogP contribution in [0.1, 0.15) is 0 Å². The van der Waals surface area contributed by atoms with Crippen LogP contribution in [0.2, 0.25) is 0 Å². The van der Waals surface area contributed by atoms with Crippen molar-refractivity contribution in [2.45, 2.75) is 0 Å². The van der Waals surface area contributed by atoms with E-state index in [9.17, 15) is 0 Å². The van der Waals surface area contributed by atoms with Gasteiger partial charge in [0, 0.05) is 4.47 Å². The second-order valence-electron chi connectivity index (χ2n) is 7.88. The molecule has 146 valence electrons. The van der Waals surface area contributed by atoms with E-state index in [-0.39, 0.29) is 0 Å². The molecule has 0 aliphatic heterocycles. The van der Waals surface area contributed by atoms with Crippen molar-refractivity contribution in [3.05, 3.63) is 120 Å². The summed E-state index contributed by atoms with van der Waals surface area (Å²) < 4.78 is 1.16. The molecule has 0 unspecified atom stereocenters. The number of halogens is 1.